The monoisotopic (exact) mass is 558 g/mol. The number of nitrogens with one attached hydrogen (secondary N) is 3. The lowest BCUT2D eigenvalue weighted by molar-refractivity contribution is -0.136. The molecule has 214 valence electrons. The van der Waals surface area contributed by atoms with E-state index in [4.69, 9.17) is 14.2 Å². The Morgan fingerprint density at radius 2 is 1.56 bits per heavy atom. The molecule has 3 N–H and O–H groups in total. The first kappa shape index (κ1) is 30.4. The fourth-order valence-electron chi connectivity index (χ4n) is 3.88. The van der Waals surface area contributed by atoms with E-state index in [0.717, 1.165) is 22.4 Å². The molecule has 0 unspecified atom stereocenters. The van der Waals surface area contributed by atoms with Gasteiger partial charge in [0.1, 0.15) is 12.4 Å². The van der Waals surface area contributed by atoms with Gasteiger partial charge in [0, 0.05) is 11.4 Å². The van der Waals surface area contributed by atoms with Crippen LogP contribution in [-0.2, 0) is 14.4 Å². The number of hydrazone groups is 1. The fraction of sp³-hybridized carbons (Fsp3) is 0.226. The smallest absolute Gasteiger partial charge is 0.329 e. The summed E-state index contributed by atoms with van der Waals surface area (Å²) in [4.78, 5) is 36.9. The van der Waals surface area contributed by atoms with Gasteiger partial charge in [-0.15, -0.1) is 0 Å². The van der Waals surface area contributed by atoms with Crippen molar-refractivity contribution >= 4 is 35.3 Å². The van der Waals surface area contributed by atoms with E-state index in [1.54, 1.807) is 48.5 Å². The second-order valence-electron chi connectivity index (χ2n) is 9.03. The van der Waals surface area contributed by atoms with Gasteiger partial charge in [0.2, 0.25) is 0 Å². The van der Waals surface area contributed by atoms with Gasteiger partial charge in [0.15, 0.2) is 18.1 Å². The third kappa shape index (κ3) is 9.24. The molecule has 0 spiro atoms. The predicted octanol–water partition coefficient (Wildman–Crippen LogP) is 4.68. The summed E-state index contributed by atoms with van der Waals surface area (Å²) in [6.07, 6.45) is 2.98. The maximum atomic E-state index is 12.6. The molecule has 41 heavy (non-hydrogen) atoms. The molecule has 0 aliphatic carbocycles. The van der Waals surface area contributed by atoms with Crippen molar-refractivity contribution < 1.29 is 28.6 Å². The fourth-order valence-corrected chi connectivity index (χ4v) is 3.88. The van der Waals surface area contributed by atoms with Gasteiger partial charge < -0.3 is 24.8 Å². The highest BCUT2D eigenvalue weighted by Crippen LogP contribution is 2.28. The van der Waals surface area contributed by atoms with Crippen LogP contribution in [0.25, 0.3) is 0 Å². The molecule has 0 aliphatic heterocycles. The zero-order valence-corrected chi connectivity index (χ0v) is 23.6. The van der Waals surface area contributed by atoms with Crippen molar-refractivity contribution in [2.75, 3.05) is 30.5 Å². The minimum Gasteiger partial charge on any atom is -0.490 e. The zero-order chi connectivity index (χ0) is 29.8. The third-order valence-electron chi connectivity index (χ3n) is 5.63. The normalized spacial score (nSPS) is 10.5. The van der Waals surface area contributed by atoms with Crippen LogP contribution in [-0.4, -0.2) is 43.8 Å². The van der Waals surface area contributed by atoms with Crippen molar-refractivity contribution in [3.63, 3.8) is 0 Å². The number of anilines is 2. The predicted molar refractivity (Wildman–Crippen MR) is 159 cm³/mol. The lowest BCUT2D eigenvalue weighted by Crippen LogP contribution is -2.32. The molecule has 0 aromatic heterocycles. The summed E-state index contributed by atoms with van der Waals surface area (Å²) >= 11 is 0. The Labute approximate surface area is 239 Å². The first-order valence-corrected chi connectivity index (χ1v) is 13.0. The molecular weight excluding hydrogens is 524 g/mol. The summed E-state index contributed by atoms with van der Waals surface area (Å²) in [7, 11) is 0. The SMILES string of the molecule is C=CCOc1ccc(NC(=O)C(=O)N/N=C\c2ccc(OCC(=O)Nc3c(C)cc(C)cc3C)c(OCC)c2)cc1. The molecule has 0 heterocycles. The Kier molecular flexibility index (Phi) is 11.0. The second-order valence-corrected chi connectivity index (χ2v) is 9.03. The second kappa shape index (κ2) is 14.9. The number of aryl methyl sites for hydroxylation is 3. The van der Waals surface area contributed by atoms with Crippen molar-refractivity contribution in [2.24, 2.45) is 5.10 Å². The van der Waals surface area contributed by atoms with Crippen LogP contribution in [0.3, 0.4) is 0 Å². The van der Waals surface area contributed by atoms with E-state index < -0.39 is 11.8 Å². The molecule has 0 atom stereocenters. The maximum absolute atomic E-state index is 12.6. The molecule has 0 fully saturated rings. The molecule has 10 nitrogen and oxygen atoms in total. The van der Waals surface area contributed by atoms with Crippen molar-refractivity contribution in [1.29, 1.82) is 0 Å². The molecule has 0 bridgehead atoms. The Hall–Kier alpha value is -5.12. The number of nitrogens with zero attached hydrogens (tertiary/aromatic N) is 1. The van der Waals surface area contributed by atoms with Gasteiger partial charge in [-0.05, 0) is 86.8 Å². The van der Waals surface area contributed by atoms with E-state index in [1.807, 2.05) is 39.8 Å². The molecule has 3 aromatic rings. The van der Waals surface area contributed by atoms with E-state index >= 15 is 0 Å². The highest BCUT2D eigenvalue weighted by molar-refractivity contribution is 6.39. The van der Waals surface area contributed by atoms with Gasteiger partial charge in [-0.2, -0.15) is 5.10 Å². The van der Waals surface area contributed by atoms with Crippen LogP contribution in [0, 0.1) is 20.8 Å². The van der Waals surface area contributed by atoms with E-state index in [9.17, 15) is 14.4 Å². The highest BCUT2D eigenvalue weighted by Gasteiger charge is 2.14. The molecule has 0 saturated heterocycles. The zero-order valence-electron chi connectivity index (χ0n) is 23.6. The summed E-state index contributed by atoms with van der Waals surface area (Å²) in [5.74, 6) is -0.739. The molecule has 10 heteroatoms. The topological polar surface area (TPSA) is 127 Å². The minimum absolute atomic E-state index is 0.212. The summed E-state index contributed by atoms with van der Waals surface area (Å²) < 4.78 is 16.8. The third-order valence-corrected chi connectivity index (χ3v) is 5.63. The van der Waals surface area contributed by atoms with Gasteiger partial charge >= 0.3 is 11.8 Å². The van der Waals surface area contributed by atoms with Crippen LogP contribution >= 0.6 is 0 Å². The summed E-state index contributed by atoms with van der Waals surface area (Å²) in [6, 6.07) is 15.5. The molecule has 0 aliphatic rings. The van der Waals surface area contributed by atoms with Crippen LogP contribution in [0.1, 0.15) is 29.2 Å². The summed E-state index contributed by atoms with van der Waals surface area (Å²) in [5, 5.41) is 9.24. The number of benzene rings is 3. The van der Waals surface area contributed by atoms with E-state index in [0.29, 0.717) is 41.7 Å². The number of rotatable bonds is 12. The lowest BCUT2D eigenvalue weighted by atomic mass is 10.1. The Balaban J connectivity index is 1.55. The van der Waals surface area contributed by atoms with Crippen molar-refractivity contribution in [3.8, 4) is 17.2 Å². The molecular formula is C31H34N4O6. The summed E-state index contributed by atoms with van der Waals surface area (Å²) in [6.45, 7) is 11.8. The average molecular weight is 559 g/mol. The molecule has 0 saturated carbocycles. The van der Waals surface area contributed by atoms with E-state index in [-0.39, 0.29) is 12.5 Å². The van der Waals surface area contributed by atoms with Crippen LogP contribution < -0.4 is 30.3 Å². The maximum Gasteiger partial charge on any atom is 0.329 e. The Bertz CT molecular complexity index is 1410. The number of carbonyl (C=O) groups is 3. The van der Waals surface area contributed by atoms with Crippen LogP contribution in [0.4, 0.5) is 11.4 Å². The summed E-state index contributed by atoms with van der Waals surface area (Å²) in [5.41, 5.74) is 7.03. The molecule has 3 aromatic carbocycles. The minimum atomic E-state index is -0.941. The van der Waals surface area contributed by atoms with Crippen LogP contribution in [0.5, 0.6) is 17.2 Å². The van der Waals surface area contributed by atoms with Crippen molar-refractivity contribution in [3.05, 3.63) is 89.5 Å². The van der Waals surface area contributed by atoms with Crippen molar-refractivity contribution in [1.82, 2.24) is 5.43 Å². The van der Waals surface area contributed by atoms with Gasteiger partial charge in [-0.25, -0.2) is 5.43 Å². The Morgan fingerprint density at radius 1 is 0.854 bits per heavy atom. The van der Waals surface area contributed by atoms with Crippen molar-refractivity contribution in [2.45, 2.75) is 27.7 Å². The first-order chi connectivity index (χ1) is 19.7. The number of carbonyl (C=O) groups excluding carboxylic acids is 3. The van der Waals surface area contributed by atoms with Gasteiger partial charge in [-0.1, -0.05) is 30.4 Å². The number of ether oxygens (including phenoxy) is 3. The largest absolute Gasteiger partial charge is 0.490 e. The van der Waals surface area contributed by atoms with E-state index in [2.05, 4.69) is 27.7 Å². The van der Waals surface area contributed by atoms with Crippen LogP contribution in [0.2, 0.25) is 0 Å². The quantitative estimate of drug-likeness (QED) is 0.128. The number of hydrogen-bond donors (Lipinski definition) is 3. The Morgan fingerprint density at radius 3 is 2.22 bits per heavy atom. The molecule has 3 rings (SSSR count). The van der Waals surface area contributed by atoms with Gasteiger partial charge in [0.05, 0.1) is 12.8 Å². The first-order valence-electron chi connectivity index (χ1n) is 13.0. The van der Waals surface area contributed by atoms with Crippen LogP contribution in [0.15, 0.2) is 72.4 Å². The highest BCUT2D eigenvalue weighted by atomic mass is 16.5. The standard InChI is InChI=1S/C31H34N4O6/c1-6-14-40-25-11-9-24(10-12-25)33-30(37)31(38)35-32-18-23-8-13-26(27(17-23)39-7-2)41-19-28(36)34-29-21(4)15-20(3)16-22(29)5/h6,8-13,15-18H,1,7,14,19H2,2-5H3,(H,33,37)(H,34,36)(H,35,38)/b32-18-. The molecule has 0 radical (unpaired) electrons. The lowest BCUT2D eigenvalue weighted by Gasteiger charge is -2.15. The van der Waals surface area contributed by atoms with Gasteiger partial charge in [0.25, 0.3) is 5.91 Å². The van der Waals surface area contributed by atoms with E-state index in [1.165, 1.54) is 6.21 Å². The van der Waals surface area contributed by atoms with Gasteiger partial charge in [-0.3, -0.25) is 14.4 Å². The number of hydrogen-bond acceptors (Lipinski definition) is 7. The average Bonchev–Trinajstić information content (AvgIpc) is 2.94. The number of amides is 3. The molecule has 3 amide bonds.